The lowest BCUT2D eigenvalue weighted by Crippen LogP contribution is -2.29. The van der Waals surface area contributed by atoms with Crippen LogP contribution in [0.15, 0.2) is 30.3 Å². The molecule has 0 aromatic heterocycles. The van der Waals surface area contributed by atoms with Crippen molar-refractivity contribution in [3.05, 3.63) is 35.9 Å². The Balaban J connectivity index is 1.99. The molecule has 1 saturated carbocycles. The largest absolute Gasteiger partial charge is 0.304 e. The average molecular weight is 199 g/mol. The van der Waals surface area contributed by atoms with Gasteiger partial charge in [-0.05, 0) is 30.4 Å². The van der Waals surface area contributed by atoms with Gasteiger partial charge in [0.05, 0.1) is 6.04 Å². The maximum Gasteiger partial charge on any atom is 0.0721 e. The summed E-state index contributed by atoms with van der Waals surface area (Å²) in [5.74, 6) is 4.16. The van der Waals surface area contributed by atoms with E-state index in [4.69, 9.17) is 6.42 Å². The van der Waals surface area contributed by atoms with Crippen molar-refractivity contribution in [1.82, 2.24) is 5.32 Å². The molecule has 1 aromatic rings. The highest BCUT2D eigenvalue weighted by atomic mass is 14.9. The zero-order valence-corrected chi connectivity index (χ0v) is 9.11. The van der Waals surface area contributed by atoms with Crippen LogP contribution >= 0.6 is 0 Å². The van der Waals surface area contributed by atoms with Crippen molar-refractivity contribution < 1.29 is 0 Å². The van der Waals surface area contributed by atoms with E-state index in [0.29, 0.717) is 11.8 Å². The highest BCUT2D eigenvalue weighted by molar-refractivity contribution is 5.28. The van der Waals surface area contributed by atoms with E-state index in [0.717, 1.165) is 6.54 Å². The number of benzene rings is 1. The van der Waals surface area contributed by atoms with Crippen LogP contribution in [0.1, 0.15) is 24.8 Å². The minimum Gasteiger partial charge on any atom is -0.304 e. The van der Waals surface area contributed by atoms with Gasteiger partial charge in [-0.15, -0.1) is 6.42 Å². The highest BCUT2D eigenvalue weighted by Gasteiger charge is 2.42. The molecule has 1 N–H and O–H groups in total. The molecule has 2 rings (SSSR count). The fourth-order valence-electron chi connectivity index (χ4n) is 2.22. The van der Waals surface area contributed by atoms with Crippen LogP contribution in [-0.4, -0.2) is 12.6 Å². The van der Waals surface area contributed by atoms with Gasteiger partial charge in [-0.1, -0.05) is 43.2 Å². The molecular weight excluding hydrogens is 182 g/mol. The molecule has 1 fully saturated rings. The van der Waals surface area contributed by atoms with Crippen molar-refractivity contribution in [3.63, 3.8) is 0 Å². The summed E-state index contributed by atoms with van der Waals surface area (Å²) in [7, 11) is 0. The van der Waals surface area contributed by atoms with Gasteiger partial charge in [-0.3, -0.25) is 0 Å². The molecule has 1 aliphatic carbocycles. The lowest BCUT2D eigenvalue weighted by Gasteiger charge is -2.10. The van der Waals surface area contributed by atoms with Crippen molar-refractivity contribution in [2.75, 3.05) is 6.54 Å². The Labute approximate surface area is 91.9 Å². The molecule has 15 heavy (non-hydrogen) atoms. The van der Waals surface area contributed by atoms with Crippen LogP contribution in [0.3, 0.4) is 0 Å². The van der Waals surface area contributed by atoms with Crippen molar-refractivity contribution in [3.8, 4) is 12.3 Å². The minimum absolute atomic E-state index is 0.250. The maximum atomic E-state index is 5.53. The lowest BCUT2D eigenvalue weighted by atomic mass is 10.1. The van der Waals surface area contributed by atoms with Crippen LogP contribution in [0.2, 0.25) is 0 Å². The molecule has 0 bridgehead atoms. The van der Waals surface area contributed by atoms with Crippen molar-refractivity contribution in [1.29, 1.82) is 0 Å². The first-order valence-corrected chi connectivity index (χ1v) is 5.61. The summed E-state index contributed by atoms with van der Waals surface area (Å²) >= 11 is 0. The molecular formula is C14H17N. The van der Waals surface area contributed by atoms with E-state index in [1.807, 2.05) is 0 Å². The Kier molecular flexibility index (Phi) is 3.08. The molecule has 0 radical (unpaired) electrons. The van der Waals surface area contributed by atoms with Crippen LogP contribution in [-0.2, 0) is 0 Å². The zero-order chi connectivity index (χ0) is 10.7. The van der Waals surface area contributed by atoms with Gasteiger partial charge in [0.25, 0.3) is 0 Å². The first-order chi connectivity index (χ1) is 7.36. The predicted molar refractivity (Wildman–Crippen MR) is 63.6 cm³/mol. The molecule has 0 spiro atoms. The van der Waals surface area contributed by atoms with E-state index in [1.165, 1.54) is 12.0 Å². The number of hydrogen-bond acceptors (Lipinski definition) is 1. The molecule has 0 amide bonds. The van der Waals surface area contributed by atoms with E-state index >= 15 is 0 Å². The Morgan fingerprint density at radius 2 is 2.20 bits per heavy atom. The Morgan fingerprint density at radius 3 is 2.80 bits per heavy atom. The second-order valence-corrected chi connectivity index (χ2v) is 4.12. The van der Waals surface area contributed by atoms with E-state index in [9.17, 15) is 0 Å². The Bertz CT molecular complexity index is 349. The predicted octanol–water partition coefficient (Wildman–Crippen LogP) is 2.40. The molecule has 1 aliphatic rings. The van der Waals surface area contributed by atoms with Gasteiger partial charge in [0, 0.05) is 0 Å². The molecule has 0 heterocycles. The number of rotatable bonds is 4. The maximum absolute atomic E-state index is 5.53. The van der Waals surface area contributed by atoms with E-state index in [2.05, 4.69) is 48.5 Å². The van der Waals surface area contributed by atoms with Crippen molar-refractivity contribution in [2.24, 2.45) is 5.92 Å². The van der Waals surface area contributed by atoms with Gasteiger partial charge in [0.2, 0.25) is 0 Å². The van der Waals surface area contributed by atoms with Gasteiger partial charge in [0.1, 0.15) is 0 Å². The molecule has 0 saturated heterocycles. The third-order valence-corrected chi connectivity index (χ3v) is 3.10. The summed E-state index contributed by atoms with van der Waals surface area (Å²) < 4.78 is 0. The SMILES string of the molecule is C#CC(NCC)C1CC1c1ccccc1. The smallest absolute Gasteiger partial charge is 0.0721 e. The van der Waals surface area contributed by atoms with Crippen molar-refractivity contribution in [2.45, 2.75) is 25.3 Å². The third-order valence-electron chi connectivity index (χ3n) is 3.10. The monoisotopic (exact) mass is 199 g/mol. The van der Waals surface area contributed by atoms with Crippen LogP contribution in [0.4, 0.5) is 0 Å². The minimum atomic E-state index is 0.250. The van der Waals surface area contributed by atoms with Gasteiger partial charge in [0.15, 0.2) is 0 Å². The normalized spacial score (nSPS) is 25.6. The molecule has 0 aliphatic heterocycles. The quantitative estimate of drug-likeness (QED) is 0.734. The van der Waals surface area contributed by atoms with Gasteiger partial charge >= 0.3 is 0 Å². The summed E-state index contributed by atoms with van der Waals surface area (Å²) in [4.78, 5) is 0. The van der Waals surface area contributed by atoms with Gasteiger partial charge < -0.3 is 5.32 Å². The molecule has 1 nitrogen and oxygen atoms in total. The molecule has 3 unspecified atom stereocenters. The average Bonchev–Trinajstić information content (AvgIpc) is 3.07. The number of nitrogens with one attached hydrogen (secondary N) is 1. The van der Waals surface area contributed by atoms with Crippen LogP contribution < -0.4 is 5.32 Å². The lowest BCUT2D eigenvalue weighted by molar-refractivity contribution is 0.562. The Hall–Kier alpha value is -1.26. The molecule has 1 heteroatoms. The standard InChI is InChI=1S/C14H17N/c1-3-14(15-4-2)13-10-12(13)11-8-6-5-7-9-11/h1,5-9,12-15H,4,10H2,2H3. The van der Waals surface area contributed by atoms with Crippen LogP contribution in [0.5, 0.6) is 0 Å². The first-order valence-electron chi connectivity index (χ1n) is 5.61. The van der Waals surface area contributed by atoms with Crippen LogP contribution in [0.25, 0.3) is 0 Å². The summed E-state index contributed by atoms with van der Waals surface area (Å²) in [6.07, 6.45) is 6.76. The second kappa shape index (κ2) is 4.51. The van der Waals surface area contributed by atoms with E-state index < -0.39 is 0 Å². The second-order valence-electron chi connectivity index (χ2n) is 4.12. The van der Waals surface area contributed by atoms with E-state index in [-0.39, 0.29) is 6.04 Å². The van der Waals surface area contributed by atoms with Crippen LogP contribution in [0, 0.1) is 18.3 Å². The molecule has 3 atom stereocenters. The number of terminal acetylenes is 1. The molecule has 78 valence electrons. The third kappa shape index (κ3) is 2.22. The van der Waals surface area contributed by atoms with Gasteiger partial charge in [-0.25, -0.2) is 0 Å². The molecule has 1 aromatic carbocycles. The fraction of sp³-hybridized carbons (Fsp3) is 0.429. The van der Waals surface area contributed by atoms with Crippen molar-refractivity contribution >= 4 is 0 Å². The highest BCUT2D eigenvalue weighted by Crippen LogP contribution is 2.49. The summed E-state index contributed by atoms with van der Waals surface area (Å²) in [5.41, 5.74) is 1.43. The van der Waals surface area contributed by atoms with Gasteiger partial charge in [-0.2, -0.15) is 0 Å². The summed E-state index contributed by atoms with van der Waals surface area (Å²) in [6.45, 7) is 3.05. The summed E-state index contributed by atoms with van der Waals surface area (Å²) in [6, 6.07) is 10.9. The zero-order valence-electron chi connectivity index (χ0n) is 9.11. The topological polar surface area (TPSA) is 12.0 Å². The number of hydrogen-bond donors (Lipinski definition) is 1. The first kappa shape index (κ1) is 10.3. The Morgan fingerprint density at radius 1 is 1.47 bits per heavy atom. The fourth-order valence-corrected chi connectivity index (χ4v) is 2.22. The summed E-state index contributed by atoms with van der Waals surface area (Å²) in [5, 5.41) is 3.36. The van der Waals surface area contributed by atoms with E-state index in [1.54, 1.807) is 0 Å².